The van der Waals surface area contributed by atoms with Gasteiger partial charge in [0.15, 0.2) is 0 Å². The molecule has 0 atom stereocenters. The molecule has 0 N–H and O–H groups in total. The van der Waals surface area contributed by atoms with Crippen molar-refractivity contribution in [3.8, 4) is 0 Å². The van der Waals surface area contributed by atoms with E-state index in [0.717, 1.165) is 47.8 Å². The molecule has 1 fully saturated rings. The molecule has 28 heavy (non-hydrogen) atoms. The van der Waals surface area contributed by atoms with E-state index < -0.39 is 5.89 Å². The Balaban J connectivity index is 1.82. The van der Waals surface area contributed by atoms with Gasteiger partial charge in [0, 0.05) is 23.1 Å². The lowest BCUT2D eigenvalue weighted by Crippen LogP contribution is -2.13. The van der Waals surface area contributed by atoms with Gasteiger partial charge in [0.05, 0.1) is 0 Å². The van der Waals surface area contributed by atoms with Gasteiger partial charge in [-0.1, -0.05) is 70.4 Å². The molecule has 4 aromatic rings. The van der Waals surface area contributed by atoms with Gasteiger partial charge in [-0.2, -0.15) is 0 Å². The maximum atomic E-state index is 9.07. The minimum absolute atomic E-state index is 0.0196. The van der Waals surface area contributed by atoms with E-state index in [9.17, 15) is 0 Å². The van der Waals surface area contributed by atoms with Gasteiger partial charge in [0.1, 0.15) is 11.2 Å². The molecular formula is C27H30O. The third-order valence-electron chi connectivity index (χ3n) is 6.45. The van der Waals surface area contributed by atoms with Gasteiger partial charge in [-0.25, -0.2) is 0 Å². The molecule has 3 aromatic carbocycles. The van der Waals surface area contributed by atoms with Crippen LogP contribution in [0.5, 0.6) is 0 Å². The second-order valence-corrected chi connectivity index (χ2v) is 9.53. The maximum Gasteiger partial charge on any atom is 0.143 e. The Bertz CT molecular complexity index is 1230. The highest BCUT2D eigenvalue weighted by molar-refractivity contribution is 6.15. The van der Waals surface area contributed by atoms with Crippen LogP contribution in [-0.4, -0.2) is 0 Å². The summed E-state index contributed by atoms with van der Waals surface area (Å²) >= 11 is 0. The first-order valence-corrected chi connectivity index (χ1v) is 10.7. The predicted octanol–water partition coefficient (Wildman–Crippen LogP) is 8.39. The number of rotatable bonds is 1. The number of benzene rings is 3. The highest BCUT2D eigenvalue weighted by atomic mass is 16.3. The van der Waals surface area contributed by atoms with Crippen molar-refractivity contribution in [2.24, 2.45) is 0 Å². The molecule has 0 saturated heterocycles. The van der Waals surface area contributed by atoms with Crippen LogP contribution in [0.15, 0.2) is 46.9 Å². The molecule has 144 valence electrons. The molecule has 1 aliphatic carbocycles. The van der Waals surface area contributed by atoms with E-state index in [1.54, 1.807) is 0 Å². The van der Waals surface area contributed by atoms with Crippen molar-refractivity contribution in [2.75, 3.05) is 0 Å². The molecule has 1 nitrogen and oxygen atoms in total. The van der Waals surface area contributed by atoms with Crippen LogP contribution >= 0.6 is 0 Å². The third kappa shape index (κ3) is 2.75. The highest BCUT2D eigenvalue weighted by Gasteiger charge is 2.24. The fourth-order valence-electron chi connectivity index (χ4n) is 5.13. The molecule has 0 bridgehead atoms. The SMILES string of the molecule is [2H]C1(c2ccc3ccc4c5ccc(C)c(C(C)(C)C)c5oc4c3c2)CCCCC1. The highest BCUT2D eigenvalue weighted by Crippen LogP contribution is 2.41. The van der Waals surface area contributed by atoms with Crippen LogP contribution in [0.25, 0.3) is 32.7 Å². The average molecular weight is 372 g/mol. The number of aryl methyl sites for hydroxylation is 1. The molecule has 5 rings (SSSR count). The van der Waals surface area contributed by atoms with Gasteiger partial charge in [-0.15, -0.1) is 0 Å². The second kappa shape index (κ2) is 6.37. The Morgan fingerprint density at radius 2 is 1.54 bits per heavy atom. The topological polar surface area (TPSA) is 13.1 Å². The van der Waals surface area contributed by atoms with Crippen LogP contribution in [0.1, 0.15) is 76.8 Å². The van der Waals surface area contributed by atoms with Crippen LogP contribution in [0.3, 0.4) is 0 Å². The average Bonchev–Trinajstić information content (AvgIpc) is 3.05. The van der Waals surface area contributed by atoms with Crippen LogP contribution in [0.2, 0.25) is 0 Å². The van der Waals surface area contributed by atoms with Crippen molar-refractivity contribution < 1.29 is 5.79 Å². The minimum Gasteiger partial charge on any atom is -0.455 e. The molecule has 0 spiro atoms. The van der Waals surface area contributed by atoms with E-state index in [1.807, 2.05) is 0 Å². The molecule has 0 amide bonds. The Morgan fingerprint density at radius 3 is 2.29 bits per heavy atom. The molecule has 0 unspecified atom stereocenters. The van der Waals surface area contributed by atoms with Crippen LogP contribution in [0.4, 0.5) is 0 Å². The minimum atomic E-state index is -0.451. The normalized spacial score (nSPS) is 18.1. The number of furan rings is 1. The molecule has 0 aliphatic heterocycles. The monoisotopic (exact) mass is 371 g/mol. The summed E-state index contributed by atoms with van der Waals surface area (Å²) in [7, 11) is 0. The van der Waals surface area contributed by atoms with Crippen LogP contribution in [0, 0.1) is 6.92 Å². The summed E-state index contributed by atoms with van der Waals surface area (Å²) < 4.78 is 15.7. The first-order chi connectivity index (χ1) is 13.8. The third-order valence-corrected chi connectivity index (χ3v) is 6.45. The standard InChI is InChI=1S/C27H30O/c1-17-10-14-22-21-15-13-19-11-12-20(18-8-6-5-7-9-18)16-23(19)25(21)28-26(22)24(17)27(2,3)4/h10-16,18H,5-9H2,1-4H3/i18D. The Hall–Kier alpha value is -2.28. The van der Waals surface area contributed by atoms with Gasteiger partial charge >= 0.3 is 0 Å². The zero-order valence-corrected chi connectivity index (χ0v) is 17.5. The predicted molar refractivity (Wildman–Crippen MR) is 120 cm³/mol. The summed E-state index contributed by atoms with van der Waals surface area (Å²) in [5.74, 6) is -0.451. The van der Waals surface area contributed by atoms with Crippen molar-refractivity contribution in [1.29, 1.82) is 0 Å². The van der Waals surface area contributed by atoms with Crippen molar-refractivity contribution >= 4 is 32.7 Å². The summed E-state index contributed by atoms with van der Waals surface area (Å²) in [6.45, 7) is 8.94. The van der Waals surface area contributed by atoms with Gasteiger partial charge in [-0.3, -0.25) is 0 Å². The van der Waals surface area contributed by atoms with Gasteiger partial charge < -0.3 is 4.42 Å². The van der Waals surface area contributed by atoms with E-state index >= 15 is 0 Å². The number of fused-ring (bicyclic) bond motifs is 5. The summed E-state index contributed by atoms with van der Waals surface area (Å²) in [6.07, 6.45) is 5.50. The van der Waals surface area contributed by atoms with Crippen LogP contribution < -0.4 is 0 Å². The van der Waals surface area contributed by atoms with Gasteiger partial charge in [0.2, 0.25) is 0 Å². The Morgan fingerprint density at radius 1 is 0.857 bits per heavy atom. The molecule has 1 heterocycles. The first kappa shape index (κ1) is 16.7. The van der Waals surface area contributed by atoms with E-state index in [1.165, 1.54) is 33.7 Å². The van der Waals surface area contributed by atoms with E-state index in [4.69, 9.17) is 5.79 Å². The quantitative estimate of drug-likeness (QED) is 0.327. The van der Waals surface area contributed by atoms with E-state index in [2.05, 4.69) is 70.2 Å². The Kier molecular flexibility index (Phi) is 3.79. The van der Waals surface area contributed by atoms with Crippen molar-refractivity contribution in [2.45, 2.75) is 71.1 Å². The lowest BCUT2D eigenvalue weighted by molar-refractivity contribution is 0.444. The summed E-state index contributed by atoms with van der Waals surface area (Å²) in [4.78, 5) is 0. The van der Waals surface area contributed by atoms with Crippen molar-refractivity contribution in [3.05, 3.63) is 59.2 Å². The number of hydrogen-bond acceptors (Lipinski definition) is 1. The molecule has 0 radical (unpaired) electrons. The number of hydrogen-bond donors (Lipinski definition) is 0. The molecule has 1 aromatic heterocycles. The largest absolute Gasteiger partial charge is 0.455 e. The van der Waals surface area contributed by atoms with E-state index in [0.29, 0.717) is 0 Å². The molecule has 1 saturated carbocycles. The maximum absolute atomic E-state index is 9.07. The fraction of sp³-hybridized carbons (Fsp3) is 0.407. The summed E-state index contributed by atoms with van der Waals surface area (Å²) in [5, 5.41) is 4.71. The smallest absolute Gasteiger partial charge is 0.143 e. The Labute approximate surface area is 169 Å². The van der Waals surface area contributed by atoms with Gasteiger partial charge in [-0.05, 0) is 59.7 Å². The lowest BCUT2D eigenvalue weighted by Gasteiger charge is -2.22. The summed E-state index contributed by atoms with van der Waals surface area (Å²) in [6, 6.07) is 15.4. The fourth-order valence-corrected chi connectivity index (χ4v) is 5.13. The molecule has 1 heteroatoms. The van der Waals surface area contributed by atoms with Gasteiger partial charge in [0.25, 0.3) is 0 Å². The zero-order chi connectivity index (χ0) is 20.4. The van der Waals surface area contributed by atoms with Crippen molar-refractivity contribution in [3.63, 3.8) is 0 Å². The molecular weight excluding hydrogens is 340 g/mol. The first-order valence-electron chi connectivity index (χ1n) is 11.2. The van der Waals surface area contributed by atoms with Crippen LogP contribution in [-0.2, 0) is 5.41 Å². The summed E-state index contributed by atoms with van der Waals surface area (Å²) in [5.41, 5.74) is 5.72. The molecule has 1 aliphatic rings. The second-order valence-electron chi connectivity index (χ2n) is 9.53. The van der Waals surface area contributed by atoms with Crippen molar-refractivity contribution in [1.82, 2.24) is 0 Å². The lowest BCUT2D eigenvalue weighted by atomic mass is 9.83. The van der Waals surface area contributed by atoms with E-state index in [-0.39, 0.29) is 5.41 Å². The zero-order valence-electron chi connectivity index (χ0n) is 18.5.